The Morgan fingerprint density at radius 1 is 0.950 bits per heavy atom. The van der Waals surface area contributed by atoms with Crippen LogP contribution in [0.15, 0.2) is 35.2 Å². The van der Waals surface area contributed by atoms with Gasteiger partial charge in [0.2, 0.25) is 0 Å². The maximum atomic E-state index is 11.2. The molecule has 0 aliphatic carbocycles. The SMILES string of the molecule is CCOc1cc2ccc(S(=O)(=O)O)cc2cc1OCC. The summed E-state index contributed by atoms with van der Waals surface area (Å²) in [5, 5.41) is 1.47. The Hall–Kier alpha value is -1.79. The summed E-state index contributed by atoms with van der Waals surface area (Å²) in [6.07, 6.45) is 0. The normalized spacial score (nSPS) is 11.6. The van der Waals surface area contributed by atoms with Crippen LogP contribution in [0.2, 0.25) is 0 Å². The predicted molar refractivity (Wildman–Crippen MR) is 76.1 cm³/mol. The van der Waals surface area contributed by atoms with Gasteiger partial charge in [-0.1, -0.05) is 6.07 Å². The van der Waals surface area contributed by atoms with Gasteiger partial charge in [0.15, 0.2) is 11.5 Å². The third-order valence-corrected chi connectivity index (χ3v) is 3.62. The lowest BCUT2D eigenvalue weighted by Crippen LogP contribution is -2.00. The van der Waals surface area contributed by atoms with Gasteiger partial charge in [-0.3, -0.25) is 4.55 Å². The molecule has 0 atom stereocenters. The van der Waals surface area contributed by atoms with E-state index >= 15 is 0 Å². The molecule has 2 rings (SSSR count). The van der Waals surface area contributed by atoms with Crippen LogP contribution in [0.5, 0.6) is 11.5 Å². The van der Waals surface area contributed by atoms with Crippen LogP contribution >= 0.6 is 0 Å². The molecule has 2 aromatic carbocycles. The van der Waals surface area contributed by atoms with E-state index < -0.39 is 10.1 Å². The van der Waals surface area contributed by atoms with E-state index in [0.717, 1.165) is 5.39 Å². The standard InChI is InChI=1S/C14H16O5S/c1-3-18-13-8-10-5-6-12(20(15,16)17)7-11(10)9-14(13)19-4-2/h5-9H,3-4H2,1-2H3,(H,15,16,17). The van der Waals surface area contributed by atoms with Gasteiger partial charge in [0.1, 0.15) is 0 Å². The van der Waals surface area contributed by atoms with Gasteiger partial charge in [-0.2, -0.15) is 8.42 Å². The molecule has 0 fully saturated rings. The minimum Gasteiger partial charge on any atom is -0.490 e. The Kier molecular flexibility index (Phi) is 4.15. The minimum atomic E-state index is -4.21. The summed E-state index contributed by atoms with van der Waals surface area (Å²) in [5.41, 5.74) is 0. The van der Waals surface area contributed by atoms with Crippen molar-refractivity contribution in [3.05, 3.63) is 30.3 Å². The number of hydrogen-bond donors (Lipinski definition) is 1. The first kappa shape index (κ1) is 14.6. The molecule has 0 spiro atoms. The van der Waals surface area contributed by atoms with Crippen LogP contribution in [0, 0.1) is 0 Å². The summed E-state index contributed by atoms with van der Waals surface area (Å²) in [6.45, 7) is 4.72. The third kappa shape index (κ3) is 3.02. The summed E-state index contributed by atoms with van der Waals surface area (Å²) < 4.78 is 42.4. The van der Waals surface area contributed by atoms with E-state index in [1.165, 1.54) is 12.1 Å². The number of benzene rings is 2. The van der Waals surface area contributed by atoms with Crippen molar-refractivity contribution in [2.45, 2.75) is 18.7 Å². The van der Waals surface area contributed by atoms with Gasteiger partial charge < -0.3 is 9.47 Å². The molecule has 0 bridgehead atoms. The van der Waals surface area contributed by atoms with Crippen molar-refractivity contribution in [3.8, 4) is 11.5 Å². The molecule has 0 aliphatic heterocycles. The van der Waals surface area contributed by atoms with Crippen molar-refractivity contribution in [2.75, 3.05) is 13.2 Å². The highest BCUT2D eigenvalue weighted by Crippen LogP contribution is 2.33. The molecule has 0 radical (unpaired) electrons. The molecule has 20 heavy (non-hydrogen) atoms. The lowest BCUT2D eigenvalue weighted by Gasteiger charge is -2.12. The molecule has 0 saturated carbocycles. The van der Waals surface area contributed by atoms with Gasteiger partial charge in [-0.05, 0) is 48.9 Å². The molecule has 0 aromatic heterocycles. The summed E-state index contributed by atoms with van der Waals surface area (Å²) in [6, 6.07) is 7.88. The first-order valence-corrected chi connectivity index (χ1v) is 7.70. The van der Waals surface area contributed by atoms with Crippen molar-refractivity contribution in [1.82, 2.24) is 0 Å². The zero-order chi connectivity index (χ0) is 14.8. The van der Waals surface area contributed by atoms with Crippen LogP contribution in [0.25, 0.3) is 10.8 Å². The summed E-state index contributed by atoms with van der Waals surface area (Å²) >= 11 is 0. The van der Waals surface area contributed by atoms with Crippen LogP contribution in [0.4, 0.5) is 0 Å². The molecule has 2 aromatic rings. The maximum absolute atomic E-state index is 11.2. The van der Waals surface area contributed by atoms with Crippen LogP contribution in [-0.4, -0.2) is 26.2 Å². The van der Waals surface area contributed by atoms with Crippen molar-refractivity contribution < 1.29 is 22.4 Å². The second-order valence-corrected chi connectivity index (χ2v) is 5.57. The van der Waals surface area contributed by atoms with Crippen molar-refractivity contribution in [3.63, 3.8) is 0 Å². The summed E-state index contributed by atoms with van der Waals surface area (Å²) in [5.74, 6) is 1.16. The fourth-order valence-electron chi connectivity index (χ4n) is 1.93. The fourth-order valence-corrected chi connectivity index (χ4v) is 2.45. The quantitative estimate of drug-likeness (QED) is 0.859. The maximum Gasteiger partial charge on any atom is 0.294 e. The van der Waals surface area contributed by atoms with Gasteiger partial charge in [0.05, 0.1) is 18.1 Å². The predicted octanol–water partition coefficient (Wildman–Crippen LogP) is 2.88. The Bertz CT molecular complexity index is 722. The van der Waals surface area contributed by atoms with Crippen molar-refractivity contribution >= 4 is 20.9 Å². The molecule has 0 saturated heterocycles. The third-order valence-electron chi connectivity index (χ3n) is 2.77. The topological polar surface area (TPSA) is 72.8 Å². The molecule has 5 nitrogen and oxygen atoms in total. The van der Waals surface area contributed by atoms with Gasteiger partial charge in [-0.25, -0.2) is 0 Å². The van der Waals surface area contributed by atoms with E-state index in [1.807, 2.05) is 13.8 Å². The van der Waals surface area contributed by atoms with Gasteiger partial charge in [-0.15, -0.1) is 0 Å². The van der Waals surface area contributed by atoms with Crippen LogP contribution < -0.4 is 9.47 Å². The second kappa shape index (κ2) is 5.68. The van der Waals surface area contributed by atoms with Gasteiger partial charge in [0, 0.05) is 0 Å². The Morgan fingerprint density at radius 3 is 2.00 bits per heavy atom. The van der Waals surface area contributed by atoms with E-state index in [9.17, 15) is 8.42 Å². The fraction of sp³-hybridized carbons (Fsp3) is 0.286. The Labute approximate surface area is 117 Å². The number of rotatable bonds is 5. The van der Waals surface area contributed by atoms with E-state index in [0.29, 0.717) is 30.1 Å². The summed E-state index contributed by atoms with van der Waals surface area (Å²) in [7, 11) is -4.21. The number of ether oxygens (including phenoxy) is 2. The molecule has 1 N–H and O–H groups in total. The molecule has 0 amide bonds. The van der Waals surface area contributed by atoms with Crippen LogP contribution in [0.3, 0.4) is 0 Å². The first-order valence-electron chi connectivity index (χ1n) is 6.26. The lowest BCUT2D eigenvalue weighted by molar-refractivity contribution is 0.288. The smallest absolute Gasteiger partial charge is 0.294 e. The number of fused-ring (bicyclic) bond motifs is 1. The molecular weight excluding hydrogens is 280 g/mol. The Morgan fingerprint density at radius 2 is 1.50 bits per heavy atom. The minimum absolute atomic E-state index is 0.142. The van der Waals surface area contributed by atoms with Crippen LogP contribution in [0.1, 0.15) is 13.8 Å². The second-order valence-electron chi connectivity index (χ2n) is 4.15. The van der Waals surface area contributed by atoms with E-state index in [1.54, 1.807) is 18.2 Å². The first-order chi connectivity index (χ1) is 9.45. The zero-order valence-electron chi connectivity index (χ0n) is 11.3. The monoisotopic (exact) mass is 296 g/mol. The number of hydrogen-bond acceptors (Lipinski definition) is 4. The van der Waals surface area contributed by atoms with Crippen molar-refractivity contribution in [1.29, 1.82) is 0 Å². The molecule has 0 aliphatic rings. The van der Waals surface area contributed by atoms with Gasteiger partial charge in [0.25, 0.3) is 10.1 Å². The molecular formula is C14H16O5S. The molecule has 108 valence electrons. The zero-order valence-corrected chi connectivity index (χ0v) is 12.1. The van der Waals surface area contributed by atoms with Gasteiger partial charge >= 0.3 is 0 Å². The lowest BCUT2D eigenvalue weighted by atomic mass is 10.1. The van der Waals surface area contributed by atoms with Crippen molar-refractivity contribution in [2.24, 2.45) is 0 Å². The molecule has 0 unspecified atom stereocenters. The van der Waals surface area contributed by atoms with E-state index in [4.69, 9.17) is 14.0 Å². The molecule has 0 heterocycles. The Balaban J connectivity index is 2.61. The van der Waals surface area contributed by atoms with E-state index in [-0.39, 0.29) is 4.90 Å². The highest BCUT2D eigenvalue weighted by atomic mass is 32.2. The van der Waals surface area contributed by atoms with Crippen LogP contribution in [-0.2, 0) is 10.1 Å². The molecule has 6 heteroatoms. The highest BCUT2D eigenvalue weighted by Gasteiger charge is 2.12. The van der Waals surface area contributed by atoms with E-state index in [2.05, 4.69) is 0 Å². The average molecular weight is 296 g/mol. The summed E-state index contributed by atoms with van der Waals surface area (Å²) in [4.78, 5) is -0.142. The average Bonchev–Trinajstić information content (AvgIpc) is 2.38. The largest absolute Gasteiger partial charge is 0.490 e. The highest BCUT2D eigenvalue weighted by molar-refractivity contribution is 7.85.